The topological polar surface area (TPSA) is 56.8 Å². The van der Waals surface area contributed by atoms with Crippen LogP contribution in [0.1, 0.15) is 57.6 Å². The van der Waals surface area contributed by atoms with Gasteiger partial charge in [0.05, 0.1) is 19.2 Å². The van der Waals surface area contributed by atoms with Crippen LogP contribution in [0.15, 0.2) is 84.9 Å². The summed E-state index contributed by atoms with van der Waals surface area (Å²) in [5.74, 6) is 0.0571. The summed E-state index contributed by atoms with van der Waals surface area (Å²) in [6.07, 6.45) is 0.813. The molecule has 4 aromatic rings. The second-order valence-electron chi connectivity index (χ2n) is 11.2. The lowest BCUT2D eigenvalue weighted by Crippen LogP contribution is -2.44. The monoisotopic (exact) mass is 535 g/mol. The fourth-order valence-corrected chi connectivity index (χ4v) is 5.59. The number of ether oxygens (including phenoxy) is 3. The van der Waals surface area contributed by atoms with Gasteiger partial charge in [0.2, 0.25) is 5.75 Å². The van der Waals surface area contributed by atoms with Crippen LogP contribution in [-0.4, -0.2) is 25.0 Å². The first-order chi connectivity index (χ1) is 19.1. The molecule has 0 spiro atoms. The largest absolute Gasteiger partial charge is 0.492 e. The molecule has 0 amide bonds. The van der Waals surface area contributed by atoms with Crippen LogP contribution < -0.4 is 19.5 Å². The van der Waals surface area contributed by atoms with Gasteiger partial charge in [-0.3, -0.25) is 4.79 Å². The highest BCUT2D eigenvalue weighted by Crippen LogP contribution is 2.53. The molecule has 0 aromatic heterocycles. The van der Waals surface area contributed by atoms with Crippen LogP contribution >= 0.6 is 0 Å². The number of methoxy groups -OCH3 is 1. The Balaban J connectivity index is 1.41. The molecule has 1 heterocycles. The molecular weight excluding hydrogens is 498 g/mol. The van der Waals surface area contributed by atoms with Crippen LogP contribution in [0.2, 0.25) is 0 Å². The number of fused-ring (bicyclic) bond motifs is 1. The number of aryl methyl sites for hydroxylation is 3. The number of Topliss-reactive ketones (excluding diaryl/α,β-unsaturated/α-hetero) is 1. The number of carbonyl (C=O) groups is 1. The van der Waals surface area contributed by atoms with Crippen LogP contribution in [0, 0.1) is 20.8 Å². The maximum Gasteiger partial charge on any atom is 0.305 e. The van der Waals surface area contributed by atoms with Gasteiger partial charge in [0.25, 0.3) is 0 Å². The molecule has 5 heteroatoms. The first-order valence-electron chi connectivity index (χ1n) is 13.7. The Morgan fingerprint density at radius 1 is 0.850 bits per heavy atom. The highest BCUT2D eigenvalue weighted by atomic mass is 16.7. The van der Waals surface area contributed by atoms with Crippen molar-refractivity contribution in [3.05, 3.63) is 124 Å². The average Bonchev–Trinajstić information content (AvgIpc) is 3.35. The van der Waals surface area contributed by atoms with Crippen molar-refractivity contribution in [2.45, 2.75) is 52.4 Å². The molecule has 1 N–H and O–H groups in total. The van der Waals surface area contributed by atoms with Crippen molar-refractivity contribution in [3.8, 4) is 17.2 Å². The fraction of sp³-hybridized carbons (Fsp3) is 0.286. The van der Waals surface area contributed by atoms with Crippen molar-refractivity contribution in [2.24, 2.45) is 0 Å². The number of ketones is 1. The van der Waals surface area contributed by atoms with E-state index >= 15 is 0 Å². The molecule has 0 unspecified atom stereocenters. The molecule has 5 rings (SSSR count). The average molecular weight is 536 g/mol. The summed E-state index contributed by atoms with van der Waals surface area (Å²) in [5.41, 5.74) is 6.97. The van der Waals surface area contributed by atoms with E-state index in [0.717, 1.165) is 17.5 Å². The molecule has 0 saturated heterocycles. The fourth-order valence-electron chi connectivity index (χ4n) is 5.59. The van der Waals surface area contributed by atoms with E-state index in [0.29, 0.717) is 22.8 Å². The standard InChI is InChI=1S/C35H37NO4/c1-23-19-24(2)29(25(3)20-23)21-34(4,5)36-22-30(37)28-17-18-31-33(32(28)38-6)40-35(39-31,26-13-9-7-10-14-26)27-15-11-8-12-16-27/h7-20,36H,21-22H2,1-6H3. The second-order valence-corrected chi connectivity index (χ2v) is 11.2. The summed E-state index contributed by atoms with van der Waals surface area (Å²) in [6.45, 7) is 10.8. The van der Waals surface area contributed by atoms with Gasteiger partial charge in [-0.05, 0) is 69.9 Å². The summed E-state index contributed by atoms with van der Waals surface area (Å²) < 4.78 is 18.9. The van der Waals surface area contributed by atoms with Crippen LogP contribution in [0.25, 0.3) is 0 Å². The molecule has 206 valence electrons. The number of hydrogen-bond acceptors (Lipinski definition) is 5. The predicted molar refractivity (Wildman–Crippen MR) is 159 cm³/mol. The first-order valence-corrected chi connectivity index (χ1v) is 13.7. The van der Waals surface area contributed by atoms with E-state index < -0.39 is 5.79 Å². The zero-order valence-electron chi connectivity index (χ0n) is 24.1. The summed E-state index contributed by atoms with van der Waals surface area (Å²) in [6, 6.07) is 27.6. The molecule has 40 heavy (non-hydrogen) atoms. The molecule has 0 radical (unpaired) electrons. The molecule has 1 aliphatic heterocycles. The quantitative estimate of drug-likeness (QED) is 0.232. The molecule has 5 nitrogen and oxygen atoms in total. The van der Waals surface area contributed by atoms with E-state index in [1.165, 1.54) is 22.3 Å². The Bertz CT molecular complexity index is 1460. The number of hydrogen-bond donors (Lipinski definition) is 1. The second kappa shape index (κ2) is 10.8. The highest BCUT2D eigenvalue weighted by molar-refractivity contribution is 6.01. The van der Waals surface area contributed by atoms with Crippen LogP contribution in [-0.2, 0) is 12.2 Å². The molecule has 0 aliphatic carbocycles. The van der Waals surface area contributed by atoms with Crippen molar-refractivity contribution in [1.29, 1.82) is 0 Å². The lowest BCUT2D eigenvalue weighted by molar-refractivity contribution is -0.0467. The lowest BCUT2D eigenvalue weighted by atomic mass is 9.88. The number of carbonyl (C=O) groups excluding carboxylic acids is 1. The zero-order chi connectivity index (χ0) is 28.5. The van der Waals surface area contributed by atoms with Gasteiger partial charge in [0, 0.05) is 16.7 Å². The summed E-state index contributed by atoms with van der Waals surface area (Å²) >= 11 is 0. The summed E-state index contributed by atoms with van der Waals surface area (Å²) in [5, 5.41) is 3.48. The van der Waals surface area contributed by atoms with Crippen molar-refractivity contribution in [3.63, 3.8) is 0 Å². The maximum absolute atomic E-state index is 13.6. The van der Waals surface area contributed by atoms with Crippen LogP contribution in [0.5, 0.6) is 17.2 Å². The third-order valence-electron chi connectivity index (χ3n) is 7.57. The summed E-state index contributed by atoms with van der Waals surface area (Å²) in [7, 11) is 1.56. The normalized spacial score (nSPS) is 13.8. The van der Waals surface area contributed by atoms with E-state index in [1.54, 1.807) is 19.2 Å². The van der Waals surface area contributed by atoms with Gasteiger partial charge in [-0.2, -0.15) is 0 Å². The van der Waals surface area contributed by atoms with E-state index in [-0.39, 0.29) is 17.9 Å². The van der Waals surface area contributed by atoms with Crippen molar-refractivity contribution in [1.82, 2.24) is 5.32 Å². The van der Waals surface area contributed by atoms with Gasteiger partial charge < -0.3 is 19.5 Å². The number of benzene rings is 4. The van der Waals surface area contributed by atoms with Crippen LogP contribution in [0.3, 0.4) is 0 Å². The molecular formula is C35H37NO4. The minimum Gasteiger partial charge on any atom is -0.492 e. The van der Waals surface area contributed by atoms with Gasteiger partial charge in [-0.1, -0.05) is 78.4 Å². The lowest BCUT2D eigenvalue weighted by Gasteiger charge is -2.29. The van der Waals surface area contributed by atoms with Crippen molar-refractivity contribution < 1.29 is 19.0 Å². The van der Waals surface area contributed by atoms with E-state index in [4.69, 9.17) is 14.2 Å². The third-order valence-corrected chi connectivity index (χ3v) is 7.57. The Kier molecular flexibility index (Phi) is 7.43. The van der Waals surface area contributed by atoms with Crippen LogP contribution in [0.4, 0.5) is 0 Å². The maximum atomic E-state index is 13.6. The molecule has 0 saturated carbocycles. The van der Waals surface area contributed by atoms with Gasteiger partial charge >= 0.3 is 5.79 Å². The van der Waals surface area contributed by atoms with Gasteiger partial charge in [-0.25, -0.2) is 0 Å². The highest BCUT2D eigenvalue weighted by Gasteiger charge is 2.47. The molecule has 0 bridgehead atoms. The Morgan fingerprint density at radius 3 is 1.98 bits per heavy atom. The summed E-state index contributed by atoms with van der Waals surface area (Å²) in [4.78, 5) is 13.6. The number of rotatable bonds is 9. The van der Waals surface area contributed by atoms with Crippen molar-refractivity contribution in [2.75, 3.05) is 13.7 Å². The molecule has 0 atom stereocenters. The minimum atomic E-state index is -1.19. The minimum absolute atomic E-state index is 0.0782. The Labute approximate surface area is 237 Å². The molecule has 4 aromatic carbocycles. The zero-order valence-corrected chi connectivity index (χ0v) is 24.1. The van der Waals surface area contributed by atoms with Gasteiger partial charge in [0.15, 0.2) is 17.3 Å². The smallest absolute Gasteiger partial charge is 0.305 e. The van der Waals surface area contributed by atoms with E-state index in [2.05, 4.69) is 52.1 Å². The SMILES string of the molecule is COc1c(C(=O)CNC(C)(C)Cc2c(C)cc(C)cc2C)ccc2c1OC(c1ccccc1)(c1ccccc1)O2. The van der Waals surface area contributed by atoms with Gasteiger partial charge in [-0.15, -0.1) is 0 Å². The molecule has 0 fully saturated rings. The molecule has 1 aliphatic rings. The van der Waals surface area contributed by atoms with Crippen molar-refractivity contribution >= 4 is 5.78 Å². The van der Waals surface area contributed by atoms with Gasteiger partial charge in [0.1, 0.15) is 0 Å². The van der Waals surface area contributed by atoms with E-state index in [1.807, 2.05) is 60.7 Å². The van der Waals surface area contributed by atoms with E-state index in [9.17, 15) is 4.79 Å². The number of nitrogens with one attached hydrogen (secondary N) is 1. The third kappa shape index (κ3) is 5.22. The first kappa shape index (κ1) is 27.5. The predicted octanol–water partition coefficient (Wildman–Crippen LogP) is 7.09. The Morgan fingerprint density at radius 2 is 1.43 bits per heavy atom. The Hall–Kier alpha value is -4.09.